The first kappa shape index (κ1) is 16.7. The van der Waals surface area contributed by atoms with Crippen molar-refractivity contribution in [2.75, 3.05) is 0 Å². The Labute approximate surface area is 157 Å². The van der Waals surface area contributed by atoms with Crippen LogP contribution >= 0.6 is 22.9 Å². The third-order valence-corrected chi connectivity index (χ3v) is 4.64. The Hall–Kier alpha value is -2.71. The van der Waals surface area contributed by atoms with E-state index in [1.165, 1.54) is 0 Å². The van der Waals surface area contributed by atoms with Crippen molar-refractivity contribution >= 4 is 34.5 Å². The van der Waals surface area contributed by atoms with Gasteiger partial charge in [0.1, 0.15) is 5.65 Å². The third-order valence-electron chi connectivity index (χ3n) is 3.73. The molecule has 0 saturated heterocycles. The molecule has 0 fully saturated rings. The van der Waals surface area contributed by atoms with Crippen molar-refractivity contribution in [3.8, 4) is 11.5 Å². The van der Waals surface area contributed by atoms with Crippen LogP contribution in [0.15, 0.2) is 45.8 Å². The van der Waals surface area contributed by atoms with E-state index < -0.39 is 0 Å². The number of rotatable bonds is 6. The van der Waals surface area contributed by atoms with Crippen molar-refractivity contribution in [2.24, 2.45) is 0 Å². The minimum atomic E-state index is -0.102. The Balaban J connectivity index is 1.30. The second-order valence-electron chi connectivity index (χ2n) is 5.63. The number of amides is 1. The first-order valence-corrected chi connectivity index (χ1v) is 9.24. The molecule has 0 atom stereocenters. The van der Waals surface area contributed by atoms with Crippen LogP contribution in [0, 0.1) is 0 Å². The highest BCUT2D eigenvalue weighted by Crippen LogP contribution is 2.20. The lowest BCUT2D eigenvalue weighted by molar-refractivity contribution is -0.121. The van der Waals surface area contributed by atoms with E-state index in [1.807, 2.05) is 33.5 Å². The molecule has 4 heterocycles. The molecule has 9 heteroatoms. The van der Waals surface area contributed by atoms with Gasteiger partial charge >= 0.3 is 0 Å². The molecule has 4 aromatic rings. The molecule has 26 heavy (non-hydrogen) atoms. The summed E-state index contributed by atoms with van der Waals surface area (Å²) in [4.78, 5) is 16.5. The lowest BCUT2D eigenvalue weighted by Gasteiger charge is -2.01. The number of carbonyl (C=O) groups is 1. The molecule has 0 saturated carbocycles. The highest BCUT2D eigenvalue weighted by molar-refractivity contribution is 7.08. The van der Waals surface area contributed by atoms with Crippen molar-refractivity contribution in [3.05, 3.63) is 58.0 Å². The summed E-state index contributed by atoms with van der Waals surface area (Å²) in [6, 6.07) is 5.52. The molecule has 132 valence electrons. The van der Waals surface area contributed by atoms with Crippen molar-refractivity contribution in [3.63, 3.8) is 0 Å². The van der Waals surface area contributed by atoms with Gasteiger partial charge in [0.25, 0.3) is 0 Å². The zero-order valence-corrected chi connectivity index (χ0v) is 15.1. The molecule has 1 amide bonds. The summed E-state index contributed by atoms with van der Waals surface area (Å²) in [6.07, 6.45) is 4.27. The molecule has 0 spiro atoms. The zero-order valence-electron chi connectivity index (χ0n) is 13.6. The number of hydrogen-bond donors (Lipinski definition) is 1. The number of nitrogens with one attached hydrogen (secondary N) is 1. The van der Waals surface area contributed by atoms with Gasteiger partial charge in [0.05, 0.1) is 17.3 Å². The summed E-state index contributed by atoms with van der Waals surface area (Å²) in [7, 11) is 0. The molecule has 4 rings (SSSR count). The maximum atomic E-state index is 12.0. The fraction of sp³-hybridized carbons (Fsp3) is 0.176. The van der Waals surface area contributed by atoms with Crippen LogP contribution in [0.4, 0.5) is 0 Å². The molecule has 0 unspecified atom stereocenters. The van der Waals surface area contributed by atoms with E-state index in [4.69, 9.17) is 16.0 Å². The van der Waals surface area contributed by atoms with E-state index >= 15 is 0 Å². The number of fused-ring (bicyclic) bond motifs is 1. The van der Waals surface area contributed by atoms with Gasteiger partial charge in [-0.25, -0.2) is 4.98 Å². The summed E-state index contributed by atoms with van der Waals surface area (Å²) in [5.74, 6) is 0.823. The van der Waals surface area contributed by atoms with Crippen molar-refractivity contribution in [1.82, 2.24) is 24.9 Å². The summed E-state index contributed by atoms with van der Waals surface area (Å²) >= 11 is 7.51. The normalized spacial score (nSPS) is 11.1. The first-order chi connectivity index (χ1) is 12.7. The predicted molar refractivity (Wildman–Crippen MR) is 98.0 cm³/mol. The van der Waals surface area contributed by atoms with E-state index in [0.29, 0.717) is 29.8 Å². The number of hydrogen-bond acceptors (Lipinski definition) is 6. The smallest absolute Gasteiger partial charge is 0.248 e. The van der Waals surface area contributed by atoms with Crippen molar-refractivity contribution in [2.45, 2.75) is 19.4 Å². The number of aromatic nitrogens is 4. The fourth-order valence-corrected chi connectivity index (χ4v) is 3.26. The van der Waals surface area contributed by atoms with Crippen LogP contribution in [0.3, 0.4) is 0 Å². The topological polar surface area (TPSA) is 85.3 Å². The van der Waals surface area contributed by atoms with E-state index in [9.17, 15) is 4.79 Å². The number of thiophene rings is 1. The van der Waals surface area contributed by atoms with E-state index in [0.717, 1.165) is 16.9 Å². The number of pyridine rings is 1. The van der Waals surface area contributed by atoms with Gasteiger partial charge < -0.3 is 14.1 Å². The van der Waals surface area contributed by atoms with Crippen LogP contribution in [0.2, 0.25) is 5.02 Å². The van der Waals surface area contributed by atoms with E-state index in [1.54, 1.807) is 23.6 Å². The minimum absolute atomic E-state index is 0.102. The molecular weight excluding hydrogens is 374 g/mol. The van der Waals surface area contributed by atoms with Gasteiger partial charge in [-0.15, -0.1) is 10.2 Å². The zero-order chi connectivity index (χ0) is 17.9. The summed E-state index contributed by atoms with van der Waals surface area (Å²) in [6.45, 7) is 0.349. The number of carbonyl (C=O) groups excluding carboxylic acids is 1. The Morgan fingerprint density at radius 3 is 3.04 bits per heavy atom. The predicted octanol–water partition coefficient (Wildman–Crippen LogP) is 3.35. The van der Waals surface area contributed by atoms with Gasteiger partial charge in [-0.3, -0.25) is 4.79 Å². The SMILES string of the molecule is O=C(CCc1nnc(-c2ccsc2)o1)NCc1cn2cc(Cl)ccc2n1. The van der Waals surface area contributed by atoms with Gasteiger partial charge in [0.2, 0.25) is 17.7 Å². The standard InChI is InChI=1S/C17H14ClN5O2S/c18-12-1-2-14-20-13(9-23(14)8-12)7-19-15(24)3-4-16-21-22-17(25-16)11-5-6-26-10-11/h1-2,5-6,8-10H,3-4,7H2,(H,19,24). The Morgan fingerprint density at radius 1 is 1.27 bits per heavy atom. The largest absolute Gasteiger partial charge is 0.421 e. The van der Waals surface area contributed by atoms with Gasteiger partial charge in [0.15, 0.2) is 0 Å². The van der Waals surface area contributed by atoms with E-state index in [2.05, 4.69) is 20.5 Å². The molecule has 0 aliphatic rings. The molecule has 0 aromatic carbocycles. The molecule has 0 bridgehead atoms. The fourth-order valence-electron chi connectivity index (χ4n) is 2.46. The Kier molecular flexibility index (Phi) is 4.68. The lowest BCUT2D eigenvalue weighted by atomic mass is 10.3. The second-order valence-corrected chi connectivity index (χ2v) is 6.85. The molecule has 0 aliphatic heterocycles. The van der Waals surface area contributed by atoms with Crippen LogP contribution in [-0.2, 0) is 17.8 Å². The molecule has 7 nitrogen and oxygen atoms in total. The van der Waals surface area contributed by atoms with Crippen LogP contribution in [0.5, 0.6) is 0 Å². The molecular formula is C17H14ClN5O2S. The molecule has 0 aliphatic carbocycles. The minimum Gasteiger partial charge on any atom is -0.421 e. The lowest BCUT2D eigenvalue weighted by Crippen LogP contribution is -2.23. The average Bonchev–Trinajstić information content (AvgIpc) is 3.36. The van der Waals surface area contributed by atoms with Crippen molar-refractivity contribution in [1.29, 1.82) is 0 Å². The third kappa shape index (κ3) is 3.76. The second kappa shape index (κ2) is 7.27. The maximum Gasteiger partial charge on any atom is 0.248 e. The summed E-state index contributed by atoms with van der Waals surface area (Å²) < 4.78 is 7.40. The number of halogens is 1. The number of nitrogens with zero attached hydrogens (tertiary/aromatic N) is 4. The van der Waals surface area contributed by atoms with Crippen molar-refractivity contribution < 1.29 is 9.21 Å². The highest BCUT2D eigenvalue weighted by atomic mass is 35.5. The molecule has 4 aromatic heterocycles. The number of aryl methyl sites for hydroxylation is 1. The summed E-state index contributed by atoms with van der Waals surface area (Å²) in [5, 5.41) is 15.3. The van der Waals surface area contributed by atoms with Crippen LogP contribution in [0.25, 0.3) is 17.1 Å². The van der Waals surface area contributed by atoms with E-state index in [-0.39, 0.29) is 12.3 Å². The first-order valence-electron chi connectivity index (χ1n) is 7.92. The monoisotopic (exact) mass is 387 g/mol. The quantitative estimate of drug-likeness (QED) is 0.548. The van der Waals surface area contributed by atoms with Gasteiger partial charge in [0, 0.05) is 36.2 Å². The van der Waals surface area contributed by atoms with Crippen LogP contribution in [-0.4, -0.2) is 25.5 Å². The van der Waals surface area contributed by atoms with Gasteiger partial charge in [-0.1, -0.05) is 11.6 Å². The summed E-state index contributed by atoms with van der Waals surface area (Å²) in [5.41, 5.74) is 2.44. The van der Waals surface area contributed by atoms with Gasteiger partial charge in [-0.2, -0.15) is 11.3 Å². The Morgan fingerprint density at radius 2 is 2.19 bits per heavy atom. The van der Waals surface area contributed by atoms with Crippen LogP contribution in [0.1, 0.15) is 18.0 Å². The number of imidazole rings is 1. The average molecular weight is 388 g/mol. The Bertz CT molecular complexity index is 1040. The maximum absolute atomic E-state index is 12.0. The molecule has 0 radical (unpaired) electrons. The highest BCUT2D eigenvalue weighted by Gasteiger charge is 2.11. The molecule has 1 N–H and O–H groups in total. The van der Waals surface area contributed by atoms with Crippen LogP contribution < -0.4 is 5.32 Å². The van der Waals surface area contributed by atoms with Gasteiger partial charge in [-0.05, 0) is 23.6 Å².